The highest BCUT2D eigenvalue weighted by atomic mass is 16.5. The number of carbonyl (C=O) groups is 1. The molecule has 17 heavy (non-hydrogen) atoms. The van der Waals surface area contributed by atoms with Crippen molar-refractivity contribution in [2.45, 2.75) is 39.0 Å². The van der Waals surface area contributed by atoms with Crippen molar-refractivity contribution in [2.24, 2.45) is 0 Å². The smallest absolute Gasteiger partial charge is 0.333 e. The van der Waals surface area contributed by atoms with Crippen LogP contribution in [0.5, 0.6) is 0 Å². The van der Waals surface area contributed by atoms with Gasteiger partial charge in [-0.25, -0.2) is 4.79 Å². The van der Waals surface area contributed by atoms with Crippen LogP contribution in [-0.2, 0) is 9.53 Å². The van der Waals surface area contributed by atoms with Gasteiger partial charge < -0.3 is 9.22 Å². The first-order chi connectivity index (χ1) is 7.83. The Labute approximate surface area is 106 Å². The van der Waals surface area contributed by atoms with E-state index in [1.807, 2.05) is 0 Å². The number of unbranched alkanes of at least 4 members (excludes halogenated alkanes) is 4. The van der Waals surface area contributed by atoms with E-state index in [9.17, 15) is 4.79 Å². The third-order valence-electron chi connectivity index (χ3n) is 2.55. The number of esters is 1. The third kappa shape index (κ3) is 11.4. The van der Waals surface area contributed by atoms with Crippen LogP contribution in [0, 0.1) is 0 Å². The maximum atomic E-state index is 11.1. The molecule has 0 aromatic rings. The molecule has 0 saturated heterocycles. The van der Waals surface area contributed by atoms with Crippen LogP contribution in [0.1, 0.15) is 39.0 Å². The fraction of sp³-hybridized carbons (Fsp3) is 0.786. The lowest BCUT2D eigenvalue weighted by Crippen LogP contribution is -2.35. The van der Waals surface area contributed by atoms with Crippen LogP contribution in [0.25, 0.3) is 0 Å². The molecule has 0 heterocycles. The van der Waals surface area contributed by atoms with E-state index in [1.54, 1.807) is 6.92 Å². The van der Waals surface area contributed by atoms with E-state index >= 15 is 0 Å². The minimum absolute atomic E-state index is 0.268. The molecule has 0 spiro atoms. The van der Waals surface area contributed by atoms with Crippen molar-refractivity contribution in [3.63, 3.8) is 0 Å². The molecule has 0 rings (SSSR count). The molecule has 0 fully saturated rings. The second kappa shape index (κ2) is 8.29. The molecule has 0 radical (unpaired) electrons. The van der Waals surface area contributed by atoms with Gasteiger partial charge in [-0.3, -0.25) is 0 Å². The predicted octanol–water partition coefficient (Wildman–Crippen LogP) is 2.76. The first kappa shape index (κ1) is 16.2. The van der Waals surface area contributed by atoms with Crippen molar-refractivity contribution >= 4 is 5.97 Å². The number of carbonyl (C=O) groups excluding carboxylic acids is 1. The Hall–Kier alpha value is -0.830. The zero-order valence-electron chi connectivity index (χ0n) is 11.9. The van der Waals surface area contributed by atoms with Gasteiger partial charge in [-0.05, 0) is 26.2 Å². The highest BCUT2D eigenvalue weighted by Gasteiger charge is 2.05. The zero-order chi connectivity index (χ0) is 13.3. The summed E-state index contributed by atoms with van der Waals surface area (Å²) < 4.78 is 6.06. The normalized spacial score (nSPS) is 11.3. The van der Waals surface area contributed by atoms with E-state index in [2.05, 4.69) is 27.7 Å². The average Bonchev–Trinajstić information content (AvgIpc) is 2.19. The summed E-state index contributed by atoms with van der Waals surface area (Å²) in [6.45, 7) is 6.97. The van der Waals surface area contributed by atoms with E-state index in [0.29, 0.717) is 12.2 Å². The molecule has 100 valence electrons. The number of ether oxygens (including phenoxy) is 1. The summed E-state index contributed by atoms with van der Waals surface area (Å²) in [5.74, 6) is -0.268. The van der Waals surface area contributed by atoms with Gasteiger partial charge in [0.25, 0.3) is 0 Å². The van der Waals surface area contributed by atoms with Gasteiger partial charge in [0, 0.05) is 5.57 Å². The second-order valence-electron chi connectivity index (χ2n) is 5.70. The first-order valence-electron chi connectivity index (χ1n) is 6.46. The minimum Gasteiger partial charge on any atom is -0.462 e. The lowest BCUT2D eigenvalue weighted by atomic mass is 10.1. The maximum absolute atomic E-state index is 11.1. The summed E-state index contributed by atoms with van der Waals surface area (Å²) in [5.41, 5.74) is 0.480. The standard InChI is InChI=1S/C14H28NO2/c1-13(2)14(16)17-12-10-8-6-7-9-11-15(3,4)5/h1,6-12H2,2-5H3/q+1. The number of rotatable bonds is 9. The van der Waals surface area contributed by atoms with Gasteiger partial charge in [0.2, 0.25) is 0 Å². The largest absolute Gasteiger partial charge is 0.462 e. The minimum atomic E-state index is -0.268. The zero-order valence-corrected chi connectivity index (χ0v) is 11.9. The Kier molecular flexibility index (Phi) is 7.88. The Morgan fingerprint density at radius 1 is 1.06 bits per heavy atom. The Balaban J connectivity index is 3.25. The van der Waals surface area contributed by atoms with E-state index in [-0.39, 0.29) is 5.97 Å². The Morgan fingerprint density at radius 3 is 2.12 bits per heavy atom. The predicted molar refractivity (Wildman–Crippen MR) is 71.8 cm³/mol. The van der Waals surface area contributed by atoms with Gasteiger partial charge in [0.05, 0.1) is 34.3 Å². The van der Waals surface area contributed by atoms with Crippen molar-refractivity contribution in [3.8, 4) is 0 Å². The summed E-state index contributed by atoms with van der Waals surface area (Å²) in [6, 6.07) is 0. The van der Waals surface area contributed by atoms with E-state index in [0.717, 1.165) is 17.3 Å². The third-order valence-corrected chi connectivity index (χ3v) is 2.55. The number of hydrogen-bond acceptors (Lipinski definition) is 2. The lowest BCUT2D eigenvalue weighted by Gasteiger charge is -2.23. The van der Waals surface area contributed by atoms with E-state index in [4.69, 9.17) is 4.74 Å². The van der Waals surface area contributed by atoms with E-state index in [1.165, 1.54) is 25.8 Å². The van der Waals surface area contributed by atoms with Crippen molar-refractivity contribution in [1.29, 1.82) is 0 Å². The molecule has 3 heteroatoms. The topological polar surface area (TPSA) is 26.3 Å². The quantitative estimate of drug-likeness (QED) is 0.269. The average molecular weight is 242 g/mol. The van der Waals surface area contributed by atoms with Gasteiger partial charge in [-0.15, -0.1) is 0 Å². The summed E-state index contributed by atoms with van der Waals surface area (Å²) in [5, 5.41) is 0. The van der Waals surface area contributed by atoms with Crippen LogP contribution >= 0.6 is 0 Å². The Morgan fingerprint density at radius 2 is 1.59 bits per heavy atom. The summed E-state index contributed by atoms with van der Waals surface area (Å²) >= 11 is 0. The van der Waals surface area contributed by atoms with Crippen LogP contribution in [0.2, 0.25) is 0 Å². The van der Waals surface area contributed by atoms with E-state index < -0.39 is 0 Å². The van der Waals surface area contributed by atoms with Crippen LogP contribution in [0.3, 0.4) is 0 Å². The van der Waals surface area contributed by atoms with Gasteiger partial charge >= 0.3 is 5.97 Å². The molecular formula is C14H28NO2+. The van der Waals surface area contributed by atoms with Crippen molar-refractivity contribution in [2.75, 3.05) is 34.3 Å². The molecule has 0 aromatic carbocycles. The highest BCUT2D eigenvalue weighted by molar-refractivity contribution is 5.86. The number of nitrogens with zero attached hydrogens (tertiary/aromatic N) is 1. The van der Waals surface area contributed by atoms with Crippen molar-refractivity contribution in [3.05, 3.63) is 12.2 Å². The Bertz CT molecular complexity index is 241. The molecule has 0 aliphatic heterocycles. The molecule has 0 saturated carbocycles. The molecule has 0 bridgehead atoms. The fourth-order valence-electron chi connectivity index (χ4n) is 1.51. The van der Waals surface area contributed by atoms with Gasteiger partial charge in [0.15, 0.2) is 0 Å². The second-order valence-corrected chi connectivity index (χ2v) is 5.70. The molecule has 0 N–H and O–H groups in total. The molecule has 0 aliphatic carbocycles. The molecule has 0 unspecified atom stereocenters. The van der Waals surface area contributed by atoms with Gasteiger partial charge in [0.1, 0.15) is 0 Å². The molecule has 0 aromatic heterocycles. The maximum Gasteiger partial charge on any atom is 0.333 e. The fourth-order valence-corrected chi connectivity index (χ4v) is 1.51. The molecule has 3 nitrogen and oxygen atoms in total. The van der Waals surface area contributed by atoms with Crippen molar-refractivity contribution in [1.82, 2.24) is 0 Å². The van der Waals surface area contributed by atoms with Crippen LogP contribution < -0.4 is 0 Å². The highest BCUT2D eigenvalue weighted by Crippen LogP contribution is 2.06. The summed E-state index contributed by atoms with van der Waals surface area (Å²) in [4.78, 5) is 11.1. The van der Waals surface area contributed by atoms with Crippen LogP contribution in [0.15, 0.2) is 12.2 Å². The van der Waals surface area contributed by atoms with Crippen LogP contribution in [-0.4, -0.2) is 44.7 Å². The summed E-state index contributed by atoms with van der Waals surface area (Å²) in [7, 11) is 6.66. The lowest BCUT2D eigenvalue weighted by molar-refractivity contribution is -0.870. The molecule has 0 amide bonds. The van der Waals surface area contributed by atoms with Crippen molar-refractivity contribution < 1.29 is 14.0 Å². The first-order valence-corrected chi connectivity index (χ1v) is 6.46. The summed E-state index contributed by atoms with van der Waals surface area (Å²) in [6.07, 6.45) is 5.87. The van der Waals surface area contributed by atoms with Crippen LogP contribution in [0.4, 0.5) is 0 Å². The monoisotopic (exact) mass is 242 g/mol. The number of hydrogen-bond donors (Lipinski definition) is 0. The SMILES string of the molecule is C=C(C)C(=O)OCCCCCCC[N+](C)(C)C. The molecule has 0 atom stereocenters. The van der Waals surface area contributed by atoms with Gasteiger partial charge in [-0.1, -0.05) is 19.4 Å². The van der Waals surface area contributed by atoms with Gasteiger partial charge in [-0.2, -0.15) is 0 Å². The molecular weight excluding hydrogens is 214 g/mol. The molecule has 0 aliphatic rings. The number of quaternary nitrogens is 1.